The molecule has 25 heavy (non-hydrogen) atoms. The molecule has 2 aliphatic rings. The molecule has 5 heteroatoms. The molecule has 124 valence electrons. The van der Waals surface area contributed by atoms with E-state index in [9.17, 15) is 9.59 Å². The summed E-state index contributed by atoms with van der Waals surface area (Å²) in [5, 5.41) is 0.696. The van der Waals surface area contributed by atoms with E-state index in [0.717, 1.165) is 5.69 Å². The van der Waals surface area contributed by atoms with Gasteiger partial charge in [0.2, 0.25) is 5.78 Å². The summed E-state index contributed by atoms with van der Waals surface area (Å²) in [5.74, 6) is -0.237. The molecule has 0 unspecified atom stereocenters. The van der Waals surface area contributed by atoms with Gasteiger partial charge >= 0.3 is 0 Å². The number of benzene rings is 2. The molecule has 2 aromatic carbocycles. The minimum atomic E-state index is -0.126. The van der Waals surface area contributed by atoms with Crippen LogP contribution in [-0.4, -0.2) is 29.6 Å². The molecule has 0 saturated carbocycles. The van der Waals surface area contributed by atoms with Gasteiger partial charge in [0.05, 0.1) is 5.70 Å². The van der Waals surface area contributed by atoms with Crippen LogP contribution < -0.4 is 4.90 Å². The Kier molecular flexibility index (Phi) is 3.90. The van der Waals surface area contributed by atoms with Gasteiger partial charge in [0.25, 0.3) is 0 Å². The number of Topliss-reactive ketones (excluding diaryl/α,β-unsaturated/α-hetero) is 1. The molecular formula is C20H15ClN2O2. The molecule has 1 aliphatic carbocycles. The van der Waals surface area contributed by atoms with Gasteiger partial charge in [-0.3, -0.25) is 9.59 Å². The zero-order valence-electron chi connectivity index (χ0n) is 13.4. The van der Waals surface area contributed by atoms with E-state index in [4.69, 9.17) is 11.6 Å². The van der Waals surface area contributed by atoms with E-state index in [1.165, 1.54) is 6.08 Å². The standard InChI is InChI=1S/C20H15ClN2O2/c21-14-5-7-15(8-6-14)22-9-11-23(12-10-22)18-13-19(24)16-3-1-2-4-17(16)20(18)25/h1-9,11,13H,10,12H2. The van der Waals surface area contributed by atoms with Crippen LogP contribution in [0.3, 0.4) is 0 Å². The van der Waals surface area contributed by atoms with Crippen LogP contribution in [0.4, 0.5) is 5.69 Å². The molecule has 2 aromatic rings. The van der Waals surface area contributed by atoms with Crippen molar-refractivity contribution in [3.63, 3.8) is 0 Å². The highest BCUT2D eigenvalue weighted by Crippen LogP contribution is 2.26. The van der Waals surface area contributed by atoms with Crippen LogP contribution in [0, 0.1) is 0 Å². The van der Waals surface area contributed by atoms with Crippen molar-refractivity contribution >= 4 is 28.9 Å². The van der Waals surface area contributed by atoms with E-state index in [0.29, 0.717) is 34.9 Å². The summed E-state index contributed by atoms with van der Waals surface area (Å²) in [6, 6.07) is 14.5. The second-order valence-electron chi connectivity index (χ2n) is 5.93. The van der Waals surface area contributed by atoms with Crippen LogP contribution in [0.15, 0.2) is 72.7 Å². The molecule has 0 spiro atoms. The lowest BCUT2D eigenvalue weighted by atomic mass is 9.92. The molecule has 1 heterocycles. The van der Waals surface area contributed by atoms with Gasteiger partial charge in [-0.2, -0.15) is 0 Å². The van der Waals surface area contributed by atoms with Gasteiger partial charge in [0.1, 0.15) is 0 Å². The predicted molar refractivity (Wildman–Crippen MR) is 97.8 cm³/mol. The lowest BCUT2D eigenvalue weighted by molar-refractivity contribution is 0.0961. The molecule has 1 aliphatic heterocycles. The number of nitrogens with zero attached hydrogens (tertiary/aromatic N) is 2. The van der Waals surface area contributed by atoms with Crippen molar-refractivity contribution in [3.8, 4) is 0 Å². The Morgan fingerprint density at radius 2 is 1.44 bits per heavy atom. The molecule has 0 atom stereocenters. The Hall–Kier alpha value is -2.85. The maximum Gasteiger partial charge on any atom is 0.210 e. The van der Waals surface area contributed by atoms with Gasteiger partial charge in [0, 0.05) is 53.4 Å². The van der Waals surface area contributed by atoms with E-state index >= 15 is 0 Å². The Morgan fingerprint density at radius 3 is 2.12 bits per heavy atom. The maximum atomic E-state index is 12.7. The summed E-state index contributed by atoms with van der Waals surface area (Å²) in [6.45, 7) is 1.32. The van der Waals surface area contributed by atoms with E-state index < -0.39 is 0 Å². The highest BCUT2D eigenvalue weighted by molar-refractivity contribution is 6.30. The van der Waals surface area contributed by atoms with Crippen LogP contribution in [0.5, 0.6) is 0 Å². The Bertz CT molecular complexity index is 916. The average molecular weight is 351 g/mol. The summed E-state index contributed by atoms with van der Waals surface area (Å²) in [5.41, 5.74) is 2.40. The maximum absolute atomic E-state index is 12.7. The SMILES string of the molecule is O=C1C=C(N2C=CN(c3ccc(Cl)cc3)CC2)C(=O)c2ccccc21. The Labute approximate surface area is 150 Å². The third-order valence-electron chi connectivity index (χ3n) is 4.41. The molecule has 4 rings (SSSR count). The zero-order chi connectivity index (χ0) is 17.4. The Morgan fingerprint density at radius 1 is 0.800 bits per heavy atom. The third-order valence-corrected chi connectivity index (χ3v) is 4.67. The second-order valence-corrected chi connectivity index (χ2v) is 6.37. The summed E-state index contributed by atoms with van der Waals surface area (Å²) in [4.78, 5) is 28.9. The van der Waals surface area contributed by atoms with Crippen molar-refractivity contribution in [2.75, 3.05) is 18.0 Å². The molecule has 0 radical (unpaired) electrons. The molecule has 0 fully saturated rings. The minimum Gasteiger partial charge on any atom is -0.345 e. The van der Waals surface area contributed by atoms with Crippen LogP contribution in [0.2, 0.25) is 5.02 Å². The largest absolute Gasteiger partial charge is 0.345 e. The number of anilines is 1. The zero-order valence-corrected chi connectivity index (χ0v) is 14.1. The molecular weight excluding hydrogens is 336 g/mol. The van der Waals surface area contributed by atoms with Gasteiger partial charge in [-0.05, 0) is 24.3 Å². The highest BCUT2D eigenvalue weighted by Gasteiger charge is 2.29. The first-order chi connectivity index (χ1) is 12.1. The van der Waals surface area contributed by atoms with Crippen LogP contribution in [0.1, 0.15) is 20.7 Å². The number of carbonyl (C=O) groups is 2. The normalized spacial score (nSPS) is 16.8. The monoisotopic (exact) mass is 350 g/mol. The van der Waals surface area contributed by atoms with E-state index in [1.807, 2.05) is 41.6 Å². The summed E-state index contributed by atoms with van der Waals surface area (Å²) < 4.78 is 0. The van der Waals surface area contributed by atoms with E-state index in [2.05, 4.69) is 4.90 Å². The molecule has 4 nitrogen and oxygen atoms in total. The first-order valence-corrected chi connectivity index (χ1v) is 8.38. The number of allylic oxidation sites excluding steroid dienone is 2. The average Bonchev–Trinajstić information content (AvgIpc) is 2.66. The van der Waals surface area contributed by atoms with Gasteiger partial charge in [-0.25, -0.2) is 0 Å². The van der Waals surface area contributed by atoms with Crippen molar-refractivity contribution in [2.24, 2.45) is 0 Å². The third kappa shape index (κ3) is 2.85. The number of hydrogen-bond donors (Lipinski definition) is 0. The summed E-state index contributed by atoms with van der Waals surface area (Å²) >= 11 is 5.92. The number of ketones is 2. The molecule has 0 aromatic heterocycles. The van der Waals surface area contributed by atoms with Gasteiger partial charge in [-0.15, -0.1) is 0 Å². The number of halogens is 1. The van der Waals surface area contributed by atoms with Crippen LogP contribution in [0.25, 0.3) is 0 Å². The molecule has 0 N–H and O–H groups in total. The van der Waals surface area contributed by atoms with Gasteiger partial charge in [0.15, 0.2) is 5.78 Å². The fourth-order valence-electron chi connectivity index (χ4n) is 3.09. The predicted octanol–water partition coefficient (Wildman–Crippen LogP) is 3.90. The van der Waals surface area contributed by atoms with E-state index in [-0.39, 0.29) is 11.6 Å². The second kappa shape index (κ2) is 6.22. The van der Waals surface area contributed by atoms with Crippen LogP contribution >= 0.6 is 11.6 Å². The van der Waals surface area contributed by atoms with Crippen molar-refractivity contribution in [2.45, 2.75) is 0 Å². The summed E-state index contributed by atoms with van der Waals surface area (Å²) in [6.07, 6.45) is 5.18. The van der Waals surface area contributed by atoms with E-state index in [1.54, 1.807) is 24.3 Å². The fraction of sp³-hybridized carbons (Fsp3) is 0.100. The topological polar surface area (TPSA) is 40.6 Å². The first-order valence-electron chi connectivity index (χ1n) is 8.00. The molecule has 0 saturated heterocycles. The van der Waals surface area contributed by atoms with Gasteiger partial charge < -0.3 is 9.80 Å². The lowest BCUT2D eigenvalue weighted by Crippen LogP contribution is -2.37. The number of carbonyl (C=O) groups excluding carboxylic acids is 2. The van der Waals surface area contributed by atoms with Crippen molar-refractivity contribution in [3.05, 3.63) is 88.9 Å². The molecule has 0 bridgehead atoms. The lowest BCUT2D eigenvalue weighted by Gasteiger charge is -2.33. The highest BCUT2D eigenvalue weighted by atomic mass is 35.5. The van der Waals surface area contributed by atoms with Gasteiger partial charge in [-0.1, -0.05) is 35.9 Å². The minimum absolute atomic E-state index is 0.111. The van der Waals surface area contributed by atoms with Crippen molar-refractivity contribution in [1.29, 1.82) is 0 Å². The molecule has 0 amide bonds. The van der Waals surface area contributed by atoms with Crippen LogP contribution in [-0.2, 0) is 0 Å². The number of rotatable bonds is 2. The fourth-order valence-corrected chi connectivity index (χ4v) is 3.21. The van der Waals surface area contributed by atoms with Crippen molar-refractivity contribution in [1.82, 2.24) is 4.90 Å². The number of hydrogen-bond acceptors (Lipinski definition) is 4. The smallest absolute Gasteiger partial charge is 0.210 e. The number of fused-ring (bicyclic) bond motifs is 1. The Balaban J connectivity index is 1.58. The van der Waals surface area contributed by atoms with Crippen molar-refractivity contribution < 1.29 is 9.59 Å². The summed E-state index contributed by atoms with van der Waals surface area (Å²) in [7, 11) is 0. The first kappa shape index (κ1) is 15.7. The quantitative estimate of drug-likeness (QED) is 0.823.